The van der Waals surface area contributed by atoms with E-state index in [2.05, 4.69) is 0 Å². The maximum absolute atomic E-state index is 13.8. The van der Waals surface area contributed by atoms with Crippen LogP contribution in [0.4, 0.5) is 4.39 Å². The summed E-state index contributed by atoms with van der Waals surface area (Å²) in [5.41, 5.74) is 1.06. The summed E-state index contributed by atoms with van der Waals surface area (Å²) in [6.07, 6.45) is 0. The van der Waals surface area contributed by atoms with Gasteiger partial charge in [0.1, 0.15) is 12.1 Å². The van der Waals surface area contributed by atoms with Gasteiger partial charge in [0.25, 0.3) is 0 Å². The van der Waals surface area contributed by atoms with E-state index >= 15 is 0 Å². The first-order chi connectivity index (χ1) is 9.27. The number of nitriles is 2. The molecule has 0 fully saturated rings. The molecule has 0 heterocycles. The lowest BCUT2D eigenvalue weighted by Crippen LogP contribution is -1.93. The van der Waals surface area contributed by atoms with Crippen molar-refractivity contribution in [2.24, 2.45) is 0 Å². The van der Waals surface area contributed by atoms with Crippen molar-refractivity contribution >= 4 is 0 Å². The van der Waals surface area contributed by atoms with E-state index in [9.17, 15) is 4.39 Å². The van der Waals surface area contributed by atoms with Crippen LogP contribution in [-0.2, 0) is 0 Å². The van der Waals surface area contributed by atoms with Gasteiger partial charge >= 0.3 is 0 Å². The van der Waals surface area contributed by atoms with E-state index in [1.165, 1.54) is 6.07 Å². The Morgan fingerprint density at radius 1 is 0.895 bits per heavy atom. The molecule has 0 aliphatic rings. The Morgan fingerprint density at radius 2 is 1.53 bits per heavy atom. The lowest BCUT2D eigenvalue weighted by Gasteiger charge is -2.05. The Balaban J connectivity index is 0.000000861. The fraction of sp³-hybridized carbons (Fsp3) is 0.125. The minimum atomic E-state index is -0.753. The molecule has 0 aliphatic heterocycles. The molecule has 0 radical (unpaired) electrons. The molecule has 0 spiro atoms. The summed E-state index contributed by atoms with van der Waals surface area (Å²) in [5.74, 6) is -0.753. The topological polar surface area (TPSA) is 47.6 Å². The Morgan fingerprint density at radius 3 is 2.05 bits per heavy atom. The van der Waals surface area contributed by atoms with Crippen molar-refractivity contribution in [2.75, 3.05) is 0 Å². The van der Waals surface area contributed by atoms with Gasteiger partial charge < -0.3 is 0 Å². The first-order valence-corrected chi connectivity index (χ1v) is 5.96. The highest BCUT2D eigenvalue weighted by Gasteiger charge is 2.13. The normalized spacial score (nSPS) is 8.68. The molecule has 19 heavy (non-hydrogen) atoms. The summed E-state index contributed by atoms with van der Waals surface area (Å²) in [6.45, 7) is 4.00. The lowest BCUT2D eigenvalue weighted by molar-refractivity contribution is 0.620. The lowest BCUT2D eigenvalue weighted by atomic mass is 9.98. The molecule has 2 aromatic carbocycles. The summed E-state index contributed by atoms with van der Waals surface area (Å²) < 4.78 is 13.8. The van der Waals surface area contributed by atoms with Crippen molar-refractivity contribution in [1.29, 1.82) is 10.5 Å². The van der Waals surface area contributed by atoms with Gasteiger partial charge in [-0.3, -0.25) is 0 Å². The predicted molar refractivity (Wildman–Crippen MR) is 72.6 cm³/mol. The van der Waals surface area contributed by atoms with Crippen molar-refractivity contribution < 1.29 is 4.39 Å². The Labute approximate surface area is 112 Å². The smallest absolute Gasteiger partial charge is 0.159 e. The van der Waals surface area contributed by atoms with Crippen LogP contribution in [-0.4, -0.2) is 0 Å². The molecule has 0 saturated heterocycles. The van der Waals surface area contributed by atoms with E-state index in [-0.39, 0.29) is 11.1 Å². The Bertz CT molecular complexity index is 634. The average Bonchev–Trinajstić information content (AvgIpc) is 2.50. The van der Waals surface area contributed by atoms with Crippen LogP contribution in [0.3, 0.4) is 0 Å². The molecule has 0 saturated carbocycles. The predicted octanol–water partition coefficient (Wildman–Crippen LogP) is 4.26. The van der Waals surface area contributed by atoms with Crippen molar-refractivity contribution in [3.8, 4) is 23.3 Å². The van der Waals surface area contributed by atoms with Crippen molar-refractivity contribution in [3.63, 3.8) is 0 Å². The van der Waals surface area contributed by atoms with Crippen LogP contribution < -0.4 is 0 Å². The average molecular weight is 252 g/mol. The van der Waals surface area contributed by atoms with Gasteiger partial charge in [0.05, 0.1) is 11.1 Å². The standard InChI is InChI=1S/C14H7FN2.C2H6/c15-14-11(8-16)6-7-12(13(14)9-17)10-4-2-1-3-5-10;1-2/h1-7H;1-2H3. The van der Waals surface area contributed by atoms with Crippen molar-refractivity contribution in [2.45, 2.75) is 13.8 Å². The maximum atomic E-state index is 13.8. The van der Waals surface area contributed by atoms with E-state index < -0.39 is 5.82 Å². The van der Waals surface area contributed by atoms with Gasteiger partial charge in [-0.1, -0.05) is 50.2 Å². The van der Waals surface area contributed by atoms with Crippen molar-refractivity contribution in [1.82, 2.24) is 0 Å². The second-order valence-corrected chi connectivity index (χ2v) is 3.44. The number of halogens is 1. The highest BCUT2D eigenvalue weighted by atomic mass is 19.1. The minimum Gasteiger partial charge on any atom is -0.204 e. The molecule has 0 aromatic heterocycles. The van der Waals surface area contributed by atoms with Crippen LogP contribution >= 0.6 is 0 Å². The van der Waals surface area contributed by atoms with E-state index in [4.69, 9.17) is 10.5 Å². The first-order valence-electron chi connectivity index (χ1n) is 5.96. The molecule has 0 aliphatic carbocycles. The monoisotopic (exact) mass is 252 g/mol. The van der Waals surface area contributed by atoms with Gasteiger partial charge in [0, 0.05) is 5.56 Å². The third-order valence-corrected chi connectivity index (χ3v) is 2.46. The third kappa shape index (κ3) is 2.97. The van der Waals surface area contributed by atoms with Gasteiger partial charge in [0.2, 0.25) is 0 Å². The van der Waals surface area contributed by atoms with Gasteiger partial charge in [-0.2, -0.15) is 10.5 Å². The number of hydrogen-bond acceptors (Lipinski definition) is 2. The summed E-state index contributed by atoms with van der Waals surface area (Å²) in [5, 5.41) is 17.7. The fourth-order valence-electron chi connectivity index (χ4n) is 1.63. The molecular weight excluding hydrogens is 239 g/mol. The van der Waals surface area contributed by atoms with Gasteiger partial charge in [-0.15, -0.1) is 0 Å². The van der Waals surface area contributed by atoms with Crippen LogP contribution in [0.1, 0.15) is 25.0 Å². The van der Waals surface area contributed by atoms with E-state index in [0.29, 0.717) is 5.56 Å². The summed E-state index contributed by atoms with van der Waals surface area (Å²) in [4.78, 5) is 0. The molecule has 0 N–H and O–H groups in total. The Hall–Kier alpha value is -2.65. The van der Waals surface area contributed by atoms with Crippen LogP contribution in [0.2, 0.25) is 0 Å². The molecule has 2 rings (SSSR count). The number of benzene rings is 2. The van der Waals surface area contributed by atoms with Crippen LogP contribution in [0.25, 0.3) is 11.1 Å². The molecule has 0 unspecified atom stereocenters. The van der Waals surface area contributed by atoms with E-state index in [1.807, 2.05) is 38.1 Å². The second kappa shape index (κ2) is 6.93. The van der Waals surface area contributed by atoms with Gasteiger partial charge in [-0.25, -0.2) is 4.39 Å². The minimum absolute atomic E-state index is 0.0877. The number of hydrogen-bond donors (Lipinski definition) is 0. The number of nitrogens with zero attached hydrogens (tertiary/aromatic N) is 2. The van der Waals surface area contributed by atoms with Crippen LogP contribution in [0.15, 0.2) is 42.5 Å². The quantitative estimate of drug-likeness (QED) is 0.761. The summed E-state index contributed by atoms with van der Waals surface area (Å²) >= 11 is 0. The zero-order chi connectivity index (χ0) is 14.3. The molecule has 0 atom stereocenters. The van der Waals surface area contributed by atoms with Gasteiger partial charge in [-0.05, 0) is 11.6 Å². The van der Waals surface area contributed by atoms with Gasteiger partial charge in [0.15, 0.2) is 5.82 Å². The van der Waals surface area contributed by atoms with Crippen LogP contribution in [0.5, 0.6) is 0 Å². The zero-order valence-corrected chi connectivity index (χ0v) is 10.8. The van der Waals surface area contributed by atoms with Crippen molar-refractivity contribution in [3.05, 3.63) is 59.4 Å². The zero-order valence-electron chi connectivity index (χ0n) is 10.8. The highest BCUT2D eigenvalue weighted by molar-refractivity contribution is 5.71. The fourth-order valence-corrected chi connectivity index (χ4v) is 1.63. The largest absolute Gasteiger partial charge is 0.204 e. The molecule has 94 valence electrons. The summed E-state index contributed by atoms with van der Waals surface area (Å²) in [6, 6.07) is 15.6. The summed E-state index contributed by atoms with van der Waals surface area (Å²) in [7, 11) is 0. The third-order valence-electron chi connectivity index (χ3n) is 2.46. The molecule has 3 heteroatoms. The SMILES string of the molecule is CC.N#Cc1ccc(-c2ccccc2)c(C#N)c1F. The molecule has 0 amide bonds. The molecule has 0 bridgehead atoms. The van der Waals surface area contributed by atoms with E-state index in [0.717, 1.165) is 5.56 Å². The Kier molecular flexibility index (Phi) is 5.26. The van der Waals surface area contributed by atoms with Crippen LogP contribution in [0, 0.1) is 28.5 Å². The molecule has 2 nitrogen and oxygen atoms in total. The highest BCUT2D eigenvalue weighted by Crippen LogP contribution is 2.26. The second-order valence-electron chi connectivity index (χ2n) is 3.44. The molecular formula is C16H13FN2. The number of rotatable bonds is 1. The maximum Gasteiger partial charge on any atom is 0.159 e. The van der Waals surface area contributed by atoms with E-state index in [1.54, 1.807) is 24.3 Å². The first kappa shape index (κ1) is 14.4. The molecule has 2 aromatic rings.